The van der Waals surface area contributed by atoms with Crippen molar-refractivity contribution < 1.29 is 4.28 Å². The topological polar surface area (TPSA) is 0 Å². The molecule has 324 valence electrons. The van der Waals surface area contributed by atoms with Gasteiger partial charge in [0.1, 0.15) is 0 Å². The third kappa shape index (κ3) is 23.1. The van der Waals surface area contributed by atoms with Crippen molar-refractivity contribution in [3.8, 4) is 33.4 Å². The Morgan fingerprint density at radius 3 is 0.710 bits per heavy atom. The smallest absolute Gasteiger partial charge is 0 e. The second-order valence-electron chi connectivity index (χ2n) is 14.2. The van der Waals surface area contributed by atoms with E-state index in [9.17, 15) is 0 Å². The van der Waals surface area contributed by atoms with Crippen LogP contribution in [0.15, 0.2) is 275 Å². The summed E-state index contributed by atoms with van der Waals surface area (Å²) in [4.78, 5) is 0. The molecule has 0 unspecified atom stereocenters. The molecule has 0 saturated heterocycles. The van der Waals surface area contributed by atoms with E-state index in [0.29, 0.717) is 0 Å². The van der Waals surface area contributed by atoms with Gasteiger partial charge in [-0.2, -0.15) is 0 Å². The summed E-state index contributed by atoms with van der Waals surface area (Å²) in [6.45, 7) is 15.5. The van der Waals surface area contributed by atoms with Gasteiger partial charge in [-0.25, -0.2) is 0 Å². The lowest BCUT2D eigenvalue weighted by Gasteiger charge is -2.21. The minimum Gasteiger partial charge on any atom is -0.106 e. The number of benzene rings is 8. The molecule has 0 heterocycles. The zero-order valence-electron chi connectivity index (χ0n) is 37.7. The molecule has 0 N–H and O–H groups in total. The van der Waals surface area contributed by atoms with Crippen molar-refractivity contribution >= 4 is 0 Å². The largest absolute Gasteiger partial charge is 0.106 e. The molecule has 1 fully saturated rings. The first-order valence-corrected chi connectivity index (χ1v) is 22.1. The first kappa shape index (κ1) is 51.4. The lowest BCUT2D eigenvalue weighted by Crippen LogP contribution is -2.03. The number of allylic oxidation sites excluding steroid dienone is 1. The maximum atomic E-state index is 3.36. The maximum absolute atomic E-state index is 3.36. The fourth-order valence-electron chi connectivity index (χ4n) is 6.33. The Balaban J connectivity index is 0. The van der Waals surface area contributed by atoms with Crippen molar-refractivity contribution in [2.24, 2.45) is 0 Å². The van der Waals surface area contributed by atoms with Crippen LogP contribution >= 0.6 is 0 Å². The third-order valence-corrected chi connectivity index (χ3v) is 9.19. The van der Waals surface area contributed by atoms with Crippen LogP contribution in [0.4, 0.5) is 0 Å². The average molecular weight is 821 g/mol. The van der Waals surface area contributed by atoms with Crippen LogP contribution in [0.2, 0.25) is 0 Å². The Hall–Kier alpha value is -6.76. The number of rotatable bonds is 4. The van der Waals surface area contributed by atoms with Crippen LogP contribution in [0.1, 0.15) is 75.1 Å². The van der Waals surface area contributed by atoms with E-state index in [1.54, 1.807) is 11.6 Å². The molecule has 0 heteroatoms. The van der Waals surface area contributed by atoms with Crippen LogP contribution in [0.5, 0.6) is 0 Å². The van der Waals surface area contributed by atoms with Crippen LogP contribution in [0.3, 0.4) is 0 Å². The van der Waals surface area contributed by atoms with E-state index in [4.69, 9.17) is 0 Å². The van der Waals surface area contributed by atoms with Gasteiger partial charge >= 0.3 is 0 Å². The molecule has 0 amide bonds. The van der Waals surface area contributed by atoms with Crippen molar-refractivity contribution in [2.45, 2.75) is 65.2 Å². The van der Waals surface area contributed by atoms with Gasteiger partial charge < -0.3 is 0 Å². The second-order valence-corrected chi connectivity index (χ2v) is 14.2. The van der Waals surface area contributed by atoms with Gasteiger partial charge in [0, 0.05) is 4.28 Å². The van der Waals surface area contributed by atoms with Gasteiger partial charge in [0.15, 0.2) is 0 Å². The summed E-state index contributed by atoms with van der Waals surface area (Å²) < 4.78 is 0. The maximum Gasteiger partial charge on any atom is 0 e. The fourth-order valence-corrected chi connectivity index (χ4v) is 6.33. The number of hydrogen-bond acceptors (Lipinski definition) is 0. The molecule has 0 aliphatic heterocycles. The molecule has 0 spiro atoms. The van der Waals surface area contributed by atoms with Gasteiger partial charge in [-0.3, -0.25) is 0 Å². The van der Waals surface area contributed by atoms with Crippen molar-refractivity contribution in [3.05, 3.63) is 280 Å². The third-order valence-electron chi connectivity index (χ3n) is 9.19. The predicted octanol–water partition coefficient (Wildman–Crippen LogP) is 19.6. The van der Waals surface area contributed by atoms with Gasteiger partial charge in [0.2, 0.25) is 0 Å². The zero-order valence-corrected chi connectivity index (χ0v) is 37.7. The Morgan fingerprint density at radius 1 is 0.355 bits per heavy atom. The van der Waals surface area contributed by atoms with Gasteiger partial charge in [-0.15, -0.1) is 19.7 Å². The Bertz CT molecular complexity index is 1810. The van der Waals surface area contributed by atoms with Crippen LogP contribution in [-0.2, 0) is 0 Å². The standard InChI is InChI=1S/C12H16.3C12H10.C6H6.C3H8.C3H6.C2H4.3H2/c4*1-3-7-11(8-4-1)12-9-5-2-6-10-12;1-2-4-6-5-3-1;2*1-3-2;1-2;;;/h1,3-4,7-8,12H,2,5-6,9-10H2;3*1-10H;1-6H;3H2,1-2H3;3H,1H2,2H3;1-2H2;3*1H. The molecule has 1 aliphatic rings. The fraction of sp³-hybridized carbons (Fsp3) is 0.161. The molecule has 0 nitrogen and oxygen atoms in total. The summed E-state index contributed by atoms with van der Waals surface area (Å²) in [5.41, 5.74) is 9.21. The quantitative estimate of drug-likeness (QED) is 0.155. The lowest BCUT2D eigenvalue weighted by molar-refractivity contribution is 0.443. The summed E-state index contributed by atoms with van der Waals surface area (Å²) in [6.07, 6.45) is 10.1. The SMILES string of the molecule is C=C.C=CC.CCC.[HH].[HH].[HH].c1ccc(-c2ccccc2)cc1.c1ccc(-c2ccccc2)cc1.c1ccc(-c2ccccc2)cc1.c1ccc(C2CCCCC2)cc1.c1ccccc1. The van der Waals surface area contributed by atoms with E-state index in [1.165, 1.54) is 71.9 Å². The Morgan fingerprint density at radius 2 is 0.516 bits per heavy atom. The summed E-state index contributed by atoms with van der Waals surface area (Å²) in [6, 6.07) is 85.3. The van der Waals surface area contributed by atoms with Crippen LogP contribution in [0, 0.1) is 0 Å². The molecule has 8 aromatic rings. The normalized spacial score (nSPS) is 10.7. The highest BCUT2D eigenvalue weighted by molar-refractivity contribution is 5.64. The molecule has 1 saturated carbocycles. The number of hydrogen-bond donors (Lipinski definition) is 0. The van der Waals surface area contributed by atoms with Crippen molar-refractivity contribution in [2.75, 3.05) is 0 Å². The highest BCUT2D eigenvalue weighted by atomic mass is 14.2. The van der Waals surface area contributed by atoms with Crippen molar-refractivity contribution in [3.63, 3.8) is 0 Å². The van der Waals surface area contributed by atoms with Crippen LogP contribution in [-0.4, -0.2) is 0 Å². The highest BCUT2D eigenvalue weighted by Crippen LogP contribution is 2.32. The van der Waals surface area contributed by atoms with Crippen LogP contribution < -0.4 is 0 Å². The average Bonchev–Trinajstić information content (AvgIpc) is 3.38. The van der Waals surface area contributed by atoms with E-state index in [2.05, 4.69) is 210 Å². The predicted molar refractivity (Wildman–Crippen MR) is 284 cm³/mol. The highest BCUT2D eigenvalue weighted by Gasteiger charge is 2.14. The molecular weight excluding hydrogens is 745 g/mol. The van der Waals surface area contributed by atoms with E-state index >= 15 is 0 Å². The van der Waals surface area contributed by atoms with Gasteiger partial charge in [-0.05, 0) is 64.6 Å². The van der Waals surface area contributed by atoms with Gasteiger partial charge in [0.25, 0.3) is 0 Å². The summed E-state index contributed by atoms with van der Waals surface area (Å²) >= 11 is 0. The summed E-state index contributed by atoms with van der Waals surface area (Å²) in [5, 5.41) is 0. The Labute approximate surface area is 381 Å². The van der Waals surface area contributed by atoms with Crippen molar-refractivity contribution in [1.29, 1.82) is 0 Å². The molecule has 0 radical (unpaired) electrons. The molecular formula is C62H76. The molecule has 8 aromatic carbocycles. The minimum absolute atomic E-state index is 0. The van der Waals surface area contributed by atoms with Crippen molar-refractivity contribution in [1.82, 2.24) is 0 Å². The zero-order chi connectivity index (χ0) is 44.6. The molecule has 9 rings (SSSR count). The summed E-state index contributed by atoms with van der Waals surface area (Å²) in [5.74, 6) is 0.861. The first-order valence-electron chi connectivity index (χ1n) is 22.1. The molecule has 1 aliphatic carbocycles. The first-order chi connectivity index (χ1) is 30.7. The van der Waals surface area contributed by atoms with E-state index < -0.39 is 0 Å². The molecule has 0 atom stereocenters. The Kier molecular flexibility index (Phi) is 29.9. The molecule has 0 bridgehead atoms. The van der Waals surface area contributed by atoms with E-state index in [-0.39, 0.29) is 4.28 Å². The monoisotopic (exact) mass is 821 g/mol. The van der Waals surface area contributed by atoms with Crippen LogP contribution in [0.25, 0.3) is 33.4 Å². The minimum atomic E-state index is 0. The molecule has 0 aromatic heterocycles. The summed E-state index contributed by atoms with van der Waals surface area (Å²) in [7, 11) is 0. The van der Waals surface area contributed by atoms with E-state index in [0.717, 1.165) is 5.92 Å². The van der Waals surface area contributed by atoms with Gasteiger partial charge in [-0.1, -0.05) is 294 Å². The second kappa shape index (κ2) is 36.1. The lowest BCUT2D eigenvalue weighted by atomic mass is 9.84. The molecule has 62 heavy (non-hydrogen) atoms. The van der Waals surface area contributed by atoms with Gasteiger partial charge in [0.05, 0.1) is 0 Å². The van der Waals surface area contributed by atoms with E-state index in [1.807, 2.05) is 79.7 Å².